The highest BCUT2D eigenvalue weighted by atomic mass is 19.4. The number of hydrogen-bond donors (Lipinski definition) is 0. The summed E-state index contributed by atoms with van der Waals surface area (Å²) in [5.74, 6) is -6.87. The summed E-state index contributed by atoms with van der Waals surface area (Å²) < 4.78 is 74.9. The number of ether oxygens (including phenoxy) is 1. The van der Waals surface area contributed by atoms with Crippen LogP contribution in [0.3, 0.4) is 0 Å². The molecule has 0 saturated carbocycles. The molecule has 0 N–H and O–H groups in total. The van der Waals surface area contributed by atoms with Crippen molar-refractivity contribution in [2.45, 2.75) is 24.9 Å². The first-order chi connectivity index (χ1) is 8.93. The highest BCUT2D eigenvalue weighted by molar-refractivity contribution is 5.87. The van der Waals surface area contributed by atoms with Crippen molar-refractivity contribution in [2.24, 2.45) is 0 Å². The van der Waals surface area contributed by atoms with Crippen molar-refractivity contribution in [3.8, 4) is 0 Å². The molecule has 0 aliphatic carbocycles. The predicted octanol–water partition coefficient (Wildman–Crippen LogP) is 0.713. The summed E-state index contributed by atoms with van der Waals surface area (Å²) in [6.07, 6.45) is -13.2. The van der Waals surface area contributed by atoms with Gasteiger partial charge in [0, 0.05) is 6.42 Å². The van der Waals surface area contributed by atoms with E-state index in [0.29, 0.717) is 0 Å². The summed E-state index contributed by atoms with van der Waals surface area (Å²) in [5.41, 5.74) is 0. The van der Waals surface area contributed by atoms with Crippen LogP contribution in [-0.2, 0) is 24.0 Å². The molecule has 1 amide bonds. The van der Waals surface area contributed by atoms with Crippen molar-refractivity contribution in [1.29, 1.82) is 0 Å². The summed E-state index contributed by atoms with van der Waals surface area (Å²) in [4.78, 5) is 35.8. The molecule has 0 radical (unpaired) electrons. The third-order valence-corrected chi connectivity index (χ3v) is 2.02. The molecular formula is C8H5F6NO5. The second-order valence-corrected chi connectivity index (χ2v) is 3.50. The normalized spacial score (nSPS) is 20.0. The number of hydrogen-bond acceptors (Lipinski definition) is 5. The third-order valence-electron chi connectivity index (χ3n) is 2.02. The number of carbonyl (C=O) groups is 3. The monoisotopic (exact) mass is 309 g/mol. The van der Waals surface area contributed by atoms with Crippen LogP contribution in [0.25, 0.3) is 0 Å². The van der Waals surface area contributed by atoms with E-state index in [2.05, 4.69) is 9.57 Å². The quantitative estimate of drug-likeness (QED) is 0.555. The fourth-order valence-electron chi connectivity index (χ4n) is 1.18. The average Bonchev–Trinajstić information content (AvgIpc) is 2.59. The molecule has 0 aromatic rings. The van der Waals surface area contributed by atoms with Gasteiger partial charge in [0.05, 0.1) is 6.54 Å². The van der Waals surface area contributed by atoms with Crippen LogP contribution in [0.15, 0.2) is 0 Å². The Kier molecular flexibility index (Phi) is 4.15. The molecular weight excluding hydrogens is 304 g/mol. The van der Waals surface area contributed by atoms with Crippen molar-refractivity contribution < 1.29 is 50.3 Å². The summed E-state index contributed by atoms with van der Waals surface area (Å²) in [6.45, 7) is -0.629. The first-order valence-corrected chi connectivity index (χ1v) is 4.81. The van der Waals surface area contributed by atoms with Gasteiger partial charge in [0.1, 0.15) is 0 Å². The largest absolute Gasteiger partial charge is 0.493 e. The van der Waals surface area contributed by atoms with E-state index < -0.39 is 49.3 Å². The lowest BCUT2D eigenvalue weighted by molar-refractivity contribution is -0.235. The lowest BCUT2D eigenvalue weighted by Gasteiger charge is -2.16. The molecule has 0 aromatic heterocycles. The van der Waals surface area contributed by atoms with E-state index in [-0.39, 0.29) is 5.06 Å². The molecule has 1 atom stereocenters. The van der Waals surface area contributed by atoms with E-state index >= 15 is 0 Å². The topological polar surface area (TPSA) is 72.9 Å². The average molecular weight is 309 g/mol. The lowest BCUT2D eigenvalue weighted by Crippen LogP contribution is -2.39. The highest BCUT2D eigenvalue weighted by Gasteiger charge is 2.48. The Morgan fingerprint density at radius 2 is 1.55 bits per heavy atom. The molecule has 0 bridgehead atoms. The zero-order valence-corrected chi connectivity index (χ0v) is 9.25. The first kappa shape index (κ1) is 16.0. The van der Waals surface area contributed by atoms with Crippen LogP contribution in [0, 0.1) is 0 Å². The Balaban J connectivity index is 2.61. The maximum absolute atomic E-state index is 11.9. The van der Waals surface area contributed by atoms with Crippen molar-refractivity contribution in [3.05, 3.63) is 0 Å². The number of carbonyl (C=O) groups excluding carboxylic acids is 3. The molecule has 1 rings (SSSR count). The Hall–Kier alpha value is -2.01. The van der Waals surface area contributed by atoms with E-state index in [1.165, 1.54) is 0 Å². The second kappa shape index (κ2) is 5.17. The molecule has 20 heavy (non-hydrogen) atoms. The van der Waals surface area contributed by atoms with E-state index in [4.69, 9.17) is 0 Å². The van der Waals surface area contributed by atoms with Crippen molar-refractivity contribution >= 4 is 17.8 Å². The van der Waals surface area contributed by atoms with Gasteiger partial charge in [0.25, 0.3) is 5.91 Å². The summed E-state index contributed by atoms with van der Waals surface area (Å²) >= 11 is 0. The van der Waals surface area contributed by atoms with Gasteiger partial charge in [-0.05, 0) is 0 Å². The smallest absolute Gasteiger partial charge is 0.445 e. The number of alkyl halides is 6. The minimum Gasteiger partial charge on any atom is -0.445 e. The van der Waals surface area contributed by atoms with Crippen LogP contribution >= 0.6 is 0 Å². The molecule has 114 valence electrons. The first-order valence-electron chi connectivity index (χ1n) is 4.81. The van der Waals surface area contributed by atoms with Crippen LogP contribution in [0.5, 0.6) is 0 Å². The van der Waals surface area contributed by atoms with Gasteiger partial charge in [-0.3, -0.25) is 4.79 Å². The van der Waals surface area contributed by atoms with E-state index in [0.717, 1.165) is 0 Å². The van der Waals surface area contributed by atoms with Gasteiger partial charge in [-0.15, -0.1) is 0 Å². The lowest BCUT2D eigenvalue weighted by atomic mass is 10.3. The van der Waals surface area contributed by atoms with Crippen molar-refractivity contribution in [1.82, 2.24) is 5.06 Å². The number of hydroxylamine groups is 2. The Bertz CT molecular complexity index is 392. The maximum Gasteiger partial charge on any atom is 0.493 e. The molecule has 1 saturated heterocycles. The van der Waals surface area contributed by atoms with Gasteiger partial charge in [0.2, 0.25) is 0 Å². The Morgan fingerprint density at radius 1 is 1.05 bits per heavy atom. The molecule has 6 nitrogen and oxygen atoms in total. The maximum atomic E-state index is 11.9. The van der Waals surface area contributed by atoms with Crippen LogP contribution in [-0.4, -0.2) is 47.9 Å². The van der Waals surface area contributed by atoms with Gasteiger partial charge in [-0.2, -0.15) is 31.4 Å². The number of esters is 1. The Labute approximate surface area is 106 Å². The minimum atomic E-state index is -5.37. The molecule has 12 heteroatoms. The minimum absolute atomic E-state index is 0.107. The second-order valence-electron chi connectivity index (χ2n) is 3.50. The van der Waals surface area contributed by atoms with E-state index in [9.17, 15) is 40.7 Å². The van der Waals surface area contributed by atoms with E-state index in [1.807, 2.05) is 0 Å². The van der Waals surface area contributed by atoms with Gasteiger partial charge in [-0.1, -0.05) is 0 Å². The standard InChI is InChI=1S/C8H5F6NO5/c9-7(10,11)5(17)19-3-1-2-15(4(3)16)20-6(18)8(12,13)14/h3H,1-2H2. The molecule has 1 unspecified atom stereocenters. The van der Waals surface area contributed by atoms with Gasteiger partial charge < -0.3 is 9.57 Å². The molecule has 0 spiro atoms. The van der Waals surface area contributed by atoms with Crippen LogP contribution in [0.4, 0.5) is 26.3 Å². The van der Waals surface area contributed by atoms with Crippen LogP contribution < -0.4 is 0 Å². The molecule has 1 fully saturated rings. The highest BCUT2D eigenvalue weighted by Crippen LogP contribution is 2.23. The summed E-state index contributed by atoms with van der Waals surface area (Å²) in [5, 5.41) is -0.107. The summed E-state index contributed by atoms with van der Waals surface area (Å²) in [6, 6.07) is 0. The van der Waals surface area contributed by atoms with Gasteiger partial charge >= 0.3 is 24.3 Å². The number of amides is 1. The fourth-order valence-corrected chi connectivity index (χ4v) is 1.18. The van der Waals surface area contributed by atoms with Crippen LogP contribution in [0.1, 0.15) is 6.42 Å². The summed E-state index contributed by atoms with van der Waals surface area (Å²) in [7, 11) is 0. The molecule has 1 aliphatic heterocycles. The fraction of sp³-hybridized carbons (Fsp3) is 0.625. The zero-order chi connectivity index (χ0) is 15.7. The number of rotatable bonds is 2. The molecule has 1 aliphatic rings. The predicted molar refractivity (Wildman–Crippen MR) is 44.4 cm³/mol. The number of halogens is 6. The van der Waals surface area contributed by atoms with Gasteiger partial charge in [-0.25, -0.2) is 9.59 Å². The number of nitrogens with zero attached hydrogens (tertiary/aromatic N) is 1. The van der Waals surface area contributed by atoms with Crippen molar-refractivity contribution in [3.63, 3.8) is 0 Å². The Morgan fingerprint density at radius 3 is 2.00 bits per heavy atom. The van der Waals surface area contributed by atoms with Crippen molar-refractivity contribution in [2.75, 3.05) is 6.54 Å². The molecule has 0 aromatic carbocycles. The SMILES string of the molecule is O=C1C(OC(=O)C(F)(F)F)CCN1OC(=O)C(F)(F)F. The van der Waals surface area contributed by atoms with Crippen LogP contribution in [0.2, 0.25) is 0 Å². The molecule has 1 heterocycles. The third kappa shape index (κ3) is 3.74. The van der Waals surface area contributed by atoms with Gasteiger partial charge in [0.15, 0.2) is 6.10 Å². The zero-order valence-electron chi connectivity index (χ0n) is 9.25. The van der Waals surface area contributed by atoms with E-state index in [1.54, 1.807) is 0 Å².